The summed E-state index contributed by atoms with van der Waals surface area (Å²) in [7, 11) is 0. The summed E-state index contributed by atoms with van der Waals surface area (Å²) < 4.78 is 11.0. The van der Waals surface area contributed by atoms with E-state index >= 15 is 0 Å². The van der Waals surface area contributed by atoms with Crippen molar-refractivity contribution in [3.63, 3.8) is 0 Å². The van der Waals surface area contributed by atoms with Gasteiger partial charge in [-0.3, -0.25) is 5.43 Å². The molecule has 5 heteroatoms. The highest BCUT2D eigenvalue weighted by atomic mass is 16.7. The summed E-state index contributed by atoms with van der Waals surface area (Å²) in [5, 5.41) is 4.48. The van der Waals surface area contributed by atoms with Crippen molar-refractivity contribution < 1.29 is 9.47 Å². The molecule has 3 N–H and O–H groups in total. The highest BCUT2D eigenvalue weighted by Crippen LogP contribution is 2.39. The first-order valence-electron chi connectivity index (χ1n) is 7.27. The van der Waals surface area contributed by atoms with Crippen molar-refractivity contribution in [1.29, 1.82) is 0 Å². The Bertz CT molecular complexity index is 753. The molecule has 0 saturated carbocycles. The van der Waals surface area contributed by atoms with Gasteiger partial charge in [0.1, 0.15) is 0 Å². The van der Waals surface area contributed by atoms with Crippen LogP contribution < -0.4 is 20.6 Å². The fourth-order valence-corrected chi connectivity index (χ4v) is 2.92. The van der Waals surface area contributed by atoms with Crippen LogP contribution in [-0.4, -0.2) is 12.5 Å². The maximum absolute atomic E-state index is 5.79. The van der Waals surface area contributed by atoms with Gasteiger partial charge in [0.25, 0.3) is 0 Å². The fourth-order valence-electron chi connectivity index (χ4n) is 2.92. The molecule has 2 aromatic rings. The molecule has 0 aromatic heterocycles. The Labute approximate surface area is 128 Å². The number of hydrazone groups is 1. The molecule has 0 aliphatic carbocycles. The lowest BCUT2D eigenvalue weighted by atomic mass is 9.92. The zero-order chi connectivity index (χ0) is 15.1. The molecular weight excluding hydrogens is 278 g/mol. The first-order chi connectivity index (χ1) is 10.7. The van der Waals surface area contributed by atoms with Gasteiger partial charge >= 0.3 is 0 Å². The zero-order valence-corrected chi connectivity index (χ0v) is 12.3. The van der Waals surface area contributed by atoms with Gasteiger partial charge in [0.05, 0.1) is 6.04 Å². The molecule has 0 saturated heterocycles. The molecule has 112 valence electrons. The number of ether oxygens (including phenoxy) is 2. The van der Waals surface area contributed by atoms with Crippen molar-refractivity contribution >= 4 is 11.4 Å². The Kier molecular flexibility index (Phi) is 2.92. The quantitative estimate of drug-likeness (QED) is 0.794. The standard InChI is InChI=1S/C17H17N3O2/c1-10-6-12-7-15-16(22-9-21-15)8-14(12)17(20-19-10)11-2-4-13(18)5-3-11/h2-5,7-8,17,20H,6,9,18H2,1H3. The van der Waals surface area contributed by atoms with Crippen molar-refractivity contribution in [1.82, 2.24) is 5.43 Å². The van der Waals surface area contributed by atoms with Gasteiger partial charge in [-0.1, -0.05) is 12.1 Å². The summed E-state index contributed by atoms with van der Waals surface area (Å²) in [5.74, 6) is 1.60. The number of nitrogens with one attached hydrogen (secondary N) is 1. The second kappa shape index (κ2) is 4.94. The molecule has 0 spiro atoms. The smallest absolute Gasteiger partial charge is 0.231 e. The third kappa shape index (κ3) is 2.15. The van der Waals surface area contributed by atoms with Crippen LogP contribution >= 0.6 is 0 Å². The van der Waals surface area contributed by atoms with E-state index in [1.54, 1.807) is 0 Å². The number of hydrogen-bond donors (Lipinski definition) is 2. The number of nitrogens with two attached hydrogens (primary N) is 1. The Morgan fingerprint density at radius 1 is 1.14 bits per heavy atom. The third-order valence-corrected chi connectivity index (χ3v) is 4.05. The van der Waals surface area contributed by atoms with E-state index in [0.29, 0.717) is 0 Å². The van der Waals surface area contributed by atoms with Gasteiger partial charge < -0.3 is 15.2 Å². The molecule has 22 heavy (non-hydrogen) atoms. The number of benzene rings is 2. The van der Waals surface area contributed by atoms with Gasteiger partial charge in [-0.15, -0.1) is 0 Å². The topological polar surface area (TPSA) is 68.9 Å². The van der Waals surface area contributed by atoms with Gasteiger partial charge in [-0.05, 0) is 47.9 Å². The summed E-state index contributed by atoms with van der Waals surface area (Å²) >= 11 is 0. The van der Waals surface area contributed by atoms with E-state index < -0.39 is 0 Å². The van der Waals surface area contributed by atoms with E-state index in [-0.39, 0.29) is 12.8 Å². The molecule has 2 aromatic carbocycles. The minimum Gasteiger partial charge on any atom is -0.454 e. The Morgan fingerprint density at radius 2 is 1.86 bits per heavy atom. The summed E-state index contributed by atoms with van der Waals surface area (Å²) in [6.07, 6.45) is 0.796. The molecule has 2 heterocycles. The molecule has 5 nitrogen and oxygen atoms in total. The van der Waals surface area contributed by atoms with E-state index in [4.69, 9.17) is 15.2 Å². The van der Waals surface area contributed by atoms with Gasteiger partial charge in [-0.2, -0.15) is 5.10 Å². The summed E-state index contributed by atoms with van der Waals surface area (Å²) in [6, 6.07) is 12.0. The van der Waals surface area contributed by atoms with Crippen molar-refractivity contribution in [3.8, 4) is 11.5 Å². The number of nitrogens with zero attached hydrogens (tertiary/aromatic N) is 1. The average Bonchev–Trinajstić information content (AvgIpc) is 2.89. The minimum absolute atomic E-state index is 0.0254. The van der Waals surface area contributed by atoms with E-state index in [1.807, 2.05) is 31.2 Å². The predicted octanol–water partition coefficient (Wildman–Crippen LogP) is 2.61. The molecular formula is C17H17N3O2. The number of nitrogen functional groups attached to an aromatic ring is 1. The van der Waals surface area contributed by atoms with Crippen LogP contribution in [0.4, 0.5) is 5.69 Å². The number of rotatable bonds is 1. The second-order valence-corrected chi connectivity index (χ2v) is 5.66. The number of anilines is 1. The van der Waals surface area contributed by atoms with Gasteiger partial charge in [-0.25, -0.2) is 0 Å². The number of hydrogen-bond acceptors (Lipinski definition) is 5. The lowest BCUT2D eigenvalue weighted by molar-refractivity contribution is 0.174. The molecule has 1 atom stereocenters. The predicted molar refractivity (Wildman–Crippen MR) is 85.2 cm³/mol. The minimum atomic E-state index is -0.0254. The van der Waals surface area contributed by atoms with Crippen molar-refractivity contribution in [2.75, 3.05) is 12.5 Å². The Morgan fingerprint density at radius 3 is 2.64 bits per heavy atom. The van der Waals surface area contributed by atoms with Crippen LogP contribution in [-0.2, 0) is 6.42 Å². The SMILES string of the molecule is CC1=NNC(c2ccc(N)cc2)c2cc3c(cc2C1)OCO3. The molecule has 0 fully saturated rings. The first kappa shape index (κ1) is 13.0. The molecule has 0 amide bonds. The molecule has 0 radical (unpaired) electrons. The van der Waals surface area contributed by atoms with Crippen LogP contribution in [0.3, 0.4) is 0 Å². The highest BCUT2D eigenvalue weighted by Gasteiger charge is 2.25. The maximum Gasteiger partial charge on any atom is 0.231 e. The average molecular weight is 295 g/mol. The van der Waals surface area contributed by atoms with Crippen LogP contribution in [0.2, 0.25) is 0 Å². The van der Waals surface area contributed by atoms with Gasteiger partial charge in [0.2, 0.25) is 6.79 Å². The normalized spacial score (nSPS) is 19.0. The van der Waals surface area contributed by atoms with Crippen LogP contribution in [0.15, 0.2) is 41.5 Å². The third-order valence-electron chi connectivity index (χ3n) is 4.05. The highest BCUT2D eigenvalue weighted by molar-refractivity contribution is 5.85. The number of fused-ring (bicyclic) bond motifs is 2. The molecule has 2 aliphatic rings. The second-order valence-electron chi connectivity index (χ2n) is 5.66. The zero-order valence-electron chi connectivity index (χ0n) is 12.3. The van der Waals surface area contributed by atoms with Crippen LogP contribution in [0.25, 0.3) is 0 Å². The Balaban J connectivity index is 1.84. The van der Waals surface area contributed by atoms with Crippen LogP contribution in [0.5, 0.6) is 11.5 Å². The summed E-state index contributed by atoms with van der Waals surface area (Å²) in [4.78, 5) is 0. The lowest BCUT2D eigenvalue weighted by Gasteiger charge is -2.19. The van der Waals surface area contributed by atoms with Crippen molar-refractivity contribution in [3.05, 3.63) is 53.1 Å². The van der Waals surface area contributed by atoms with Gasteiger partial charge in [0, 0.05) is 17.8 Å². The lowest BCUT2D eigenvalue weighted by Crippen LogP contribution is -2.17. The monoisotopic (exact) mass is 295 g/mol. The largest absolute Gasteiger partial charge is 0.454 e. The van der Waals surface area contributed by atoms with E-state index in [2.05, 4.69) is 22.7 Å². The molecule has 2 aliphatic heterocycles. The fraction of sp³-hybridized carbons (Fsp3) is 0.235. The van der Waals surface area contributed by atoms with Crippen LogP contribution in [0, 0.1) is 0 Å². The maximum atomic E-state index is 5.79. The summed E-state index contributed by atoms with van der Waals surface area (Å²) in [5.41, 5.74) is 14.3. The molecule has 1 unspecified atom stereocenters. The van der Waals surface area contributed by atoms with Crippen LogP contribution in [0.1, 0.15) is 29.7 Å². The van der Waals surface area contributed by atoms with E-state index in [1.165, 1.54) is 5.56 Å². The van der Waals surface area contributed by atoms with Crippen molar-refractivity contribution in [2.24, 2.45) is 5.10 Å². The van der Waals surface area contributed by atoms with E-state index in [0.717, 1.165) is 40.4 Å². The van der Waals surface area contributed by atoms with Crippen molar-refractivity contribution in [2.45, 2.75) is 19.4 Å². The molecule has 0 bridgehead atoms. The molecule has 4 rings (SSSR count). The first-order valence-corrected chi connectivity index (χ1v) is 7.27. The Hall–Kier alpha value is -2.69. The van der Waals surface area contributed by atoms with Gasteiger partial charge in [0.15, 0.2) is 11.5 Å². The van der Waals surface area contributed by atoms with E-state index in [9.17, 15) is 0 Å². The summed E-state index contributed by atoms with van der Waals surface area (Å²) in [6.45, 7) is 2.30.